The molecule has 0 bridgehead atoms. The van der Waals surface area contributed by atoms with Crippen LogP contribution >= 0.6 is 0 Å². The number of hydrogen-bond donors (Lipinski definition) is 1. The first-order chi connectivity index (χ1) is 13.9. The molecule has 3 rings (SSSR count). The normalized spacial score (nSPS) is 11.8. The van der Waals surface area contributed by atoms with Crippen LogP contribution < -0.4 is 16.4 Å². The van der Waals surface area contributed by atoms with E-state index in [0.717, 1.165) is 21.3 Å². The second-order valence-corrected chi connectivity index (χ2v) is 9.59. The highest BCUT2D eigenvalue weighted by molar-refractivity contribution is 7.92. The Morgan fingerprint density at radius 3 is 1.97 bits per heavy atom. The lowest BCUT2D eigenvalue weighted by Crippen LogP contribution is -2.39. The number of anilines is 1. The van der Waals surface area contributed by atoms with E-state index in [9.17, 15) is 27.2 Å². The smallest absolute Gasteiger partial charge is 0.316 e. The van der Waals surface area contributed by atoms with E-state index in [0.29, 0.717) is 0 Å². The van der Waals surface area contributed by atoms with Crippen LogP contribution in [0.3, 0.4) is 0 Å². The number of aromatic nitrogens is 2. The summed E-state index contributed by atoms with van der Waals surface area (Å²) in [5.74, 6) is -1.17. The van der Waals surface area contributed by atoms with Gasteiger partial charge in [-0.15, -0.1) is 0 Å². The monoisotopic (exact) mass is 433 g/mol. The summed E-state index contributed by atoms with van der Waals surface area (Å²) in [5, 5.41) is 1.73. The minimum absolute atomic E-state index is 0.0424. The van der Waals surface area contributed by atoms with Gasteiger partial charge in [-0.3, -0.25) is 14.4 Å². The maximum Gasteiger partial charge on any atom is 0.316 e. The van der Waals surface area contributed by atoms with Crippen molar-refractivity contribution in [2.24, 2.45) is 14.1 Å². The molecule has 0 unspecified atom stereocenters. The zero-order chi connectivity index (χ0) is 22.4. The van der Waals surface area contributed by atoms with E-state index in [-0.39, 0.29) is 27.2 Å². The van der Waals surface area contributed by atoms with Gasteiger partial charge in [0, 0.05) is 19.7 Å². The van der Waals surface area contributed by atoms with Gasteiger partial charge in [0.05, 0.1) is 26.9 Å². The predicted octanol–water partition coefficient (Wildman–Crippen LogP) is 1.81. The summed E-state index contributed by atoms with van der Waals surface area (Å²) in [6.45, 7) is 2.98. The van der Waals surface area contributed by atoms with Crippen molar-refractivity contribution < 1.29 is 17.6 Å². The summed E-state index contributed by atoms with van der Waals surface area (Å²) in [7, 11) is -1.11. The van der Waals surface area contributed by atoms with Crippen LogP contribution in [0.4, 0.5) is 10.1 Å². The largest absolute Gasteiger partial charge is 0.321 e. The zero-order valence-corrected chi connectivity index (χ0v) is 17.6. The maximum atomic E-state index is 13.1. The lowest BCUT2D eigenvalue weighted by Gasteiger charge is -2.17. The van der Waals surface area contributed by atoms with E-state index in [1.165, 1.54) is 52.2 Å². The van der Waals surface area contributed by atoms with Gasteiger partial charge in [-0.25, -0.2) is 12.8 Å². The third kappa shape index (κ3) is 3.54. The molecule has 1 aromatic heterocycles. The highest BCUT2D eigenvalue weighted by Crippen LogP contribution is 2.30. The number of fused-ring (bicyclic) bond motifs is 1. The molecule has 0 saturated carbocycles. The van der Waals surface area contributed by atoms with E-state index >= 15 is 0 Å². The molecule has 8 nitrogen and oxygen atoms in total. The molecule has 0 saturated heterocycles. The number of amides is 1. The number of hydrogen-bond acceptors (Lipinski definition) is 5. The van der Waals surface area contributed by atoms with Crippen molar-refractivity contribution in [1.82, 2.24) is 9.13 Å². The summed E-state index contributed by atoms with van der Waals surface area (Å²) >= 11 is 0. The van der Waals surface area contributed by atoms with Gasteiger partial charge in [-0.2, -0.15) is 0 Å². The molecule has 10 heteroatoms. The molecule has 158 valence electrons. The molecule has 1 heterocycles. The van der Waals surface area contributed by atoms with Crippen molar-refractivity contribution in [3.8, 4) is 0 Å². The minimum Gasteiger partial charge on any atom is -0.321 e. The van der Waals surface area contributed by atoms with Crippen LogP contribution in [0.15, 0.2) is 50.9 Å². The van der Waals surface area contributed by atoms with Gasteiger partial charge in [0.25, 0.3) is 5.91 Å². The van der Waals surface area contributed by atoms with Gasteiger partial charge in [0.1, 0.15) is 5.82 Å². The SMILES string of the molecule is CC(C)S(=O)(=O)c1cc2c(cc1NC(=O)c1ccc(F)cc1)n(C)c(=O)c(=O)n2C. The standard InChI is InChI=1S/C20H20FN3O5S/c1-11(2)30(28,29)17-10-16-15(23(3)19(26)20(27)24(16)4)9-14(17)22-18(25)12-5-7-13(21)8-6-12/h5-11H,1-4H3,(H,22,25). The summed E-state index contributed by atoms with van der Waals surface area (Å²) in [4.78, 5) is 36.8. The summed E-state index contributed by atoms with van der Waals surface area (Å²) in [5.41, 5.74) is -1.03. The minimum atomic E-state index is -3.86. The molecule has 0 aliphatic rings. The van der Waals surface area contributed by atoms with Crippen LogP contribution in [0.25, 0.3) is 11.0 Å². The molecule has 0 aliphatic carbocycles. The average molecular weight is 433 g/mol. The van der Waals surface area contributed by atoms with Crippen molar-refractivity contribution in [3.63, 3.8) is 0 Å². The Balaban J connectivity index is 2.30. The van der Waals surface area contributed by atoms with Crippen molar-refractivity contribution in [3.05, 3.63) is 68.5 Å². The molecule has 1 amide bonds. The topological polar surface area (TPSA) is 107 Å². The zero-order valence-electron chi connectivity index (χ0n) is 16.8. The summed E-state index contributed by atoms with van der Waals surface area (Å²) in [6, 6.07) is 7.36. The van der Waals surface area contributed by atoms with Crippen molar-refractivity contribution in [2.45, 2.75) is 24.0 Å². The van der Waals surface area contributed by atoms with Crippen LogP contribution in [0.5, 0.6) is 0 Å². The Labute approximate surface area is 171 Å². The number of aryl methyl sites for hydroxylation is 2. The van der Waals surface area contributed by atoms with Gasteiger partial charge in [0.15, 0.2) is 9.84 Å². The molecule has 0 radical (unpaired) electrons. The quantitative estimate of drug-likeness (QED) is 0.632. The number of halogens is 1. The second kappa shape index (κ2) is 7.52. The number of rotatable bonds is 4. The Bertz CT molecular complexity index is 1390. The summed E-state index contributed by atoms with van der Waals surface area (Å²) < 4.78 is 41.2. The predicted molar refractivity (Wildman–Crippen MR) is 111 cm³/mol. The Hall–Kier alpha value is -3.27. The fraction of sp³-hybridized carbons (Fsp3) is 0.250. The number of carbonyl (C=O) groups excluding carboxylic acids is 1. The van der Waals surface area contributed by atoms with E-state index in [2.05, 4.69) is 5.32 Å². The van der Waals surface area contributed by atoms with Crippen molar-refractivity contribution in [2.75, 3.05) is 5.32 Å². The van der Waals surface area contributed by atoms with Gasteiger partial charge >= 0.3 is 11.1 Å². The molecule has 0 aliphatic heterocycles. The average Bonchev–Trinajstić information content (AvgIpc) is 2.70. The van der Waals surface area contributed by atoms with E-state index < -0.39 is 37.9 Å². The van der Waals surface area contributed by atoms with Gasteiger partial charge in [-0.1, -0.05) is 0 Å². The van der Waals surface area contributed by atoms with Crippen molar-refractivity contribution >= 4 is 32.5 Å². The molecular formula is C20H20FN3O5S. The number of nitrogens with zero attached hydrogens (tertiary/aromatic N) is 2. The summed E-state index contributed by atoms with van der Waals surface area (Å²) in [6.07, 6.45) is 0. The molecule has 3 aromatic rings. The molecule has 2 aromatic carbocycles. The van der Waals surface area contributed by atoms with Crippen LogP contribution in [0.2, 0.25) is 0 Å². The first kappa shape index (κ1) is 21.4. The van der Waals surface area contributed by atoms with Gasteiger partial charge < -0.3 is 14.5 Å². The number of benzene rings is 2. The van der Waals surface area contributed by atoms with Crippen LogP contribution in [-0.2, 0) is 23.9 Å². The number of carbonyl (C=O) groups is 1. The lowest BCUT2D eigenvalue weighted by molar-refractivity contribution is 0.102. The molecule has 30 heavy (non-hydrogen) atoms. The molecule has 0 spiro atoms. The molecule has 0 atom stereocenters. The third-order valence-corrected chi connectivity index (χ3v) is 7.07. The Morgan fingerprint density at radius 1 is 0.967 bits per heavy atom. The fourth-order valence-corrected chi connectivity index (χ4v) is 4.18. The van der Waals surface area contributed by atoms with Crippen LogP contribution in [0, 0.1) is 5.82 Å². The lowest BCUT2D eigenvalue weighted by atomic mass is 10.2. The van der Waals surface area contributed by atoms with E-state index in [1.54, 1.807) is 0 Å². The molecular weight excluding hydrogens is 413 g/mol. The molecule has 0 fully saturated rings. The van der Waals surface area contributed by atoms with Gasteiger partial charge in [0.2, 0.25) is 0 Å². The highest BCUT2D eigenvalue weighted by atomic mass is 32.2. The first-order valence-electron chi connectivity index (χ1n) is 8.99. The van der Waals surface area contributed by atoms with Crippen LogP contribution in [-0.4, -0.2) is 28.7 Å². The van der Waals surface area contributed by atoms with E-state index in [4.69, 9.17) is 0 Å². The third-order valence-electron chi connectivity index (χ3n) is 4.87. The second-order valence-electron chi connectivity index (χ2n) is 7.12. The maximum absolute atomic E-state index is 13.1. The van der Waals surface area contributed by atoms with Gasteiger partial charge in [-0.05, 0) is 50.2 Å². The first-order valence-corrected chi connectivity index (χ1v) is 10.5. The number of nitrogens with one attached hydrogen (secondary N) is 1. The Kier molecular flexibility index (Phi) is 5.38. The fourth-order valence-electron chi connectivity index (χ4n) is 2.98. The number of sulfone groups is 1. The Morgan fingerprint density at radius 2 is 1.47 bits per heavy atom. The highest BCUT2D eigenvalue weighted by Gasteiger charge is 2.26. The van der Waals surface area contributed by atoms with Crippen molar-refractivity contribution in [1.29, 1.82) is 0 Å². The molecule has 1 N–H and O–H groups in total. The van der Waals surface area contributed by atoms with E-state index in [1.807, 2.05) is 0 Å². The van der Waals surface area contributed by atoms with Crippen LogP contribution in [0.1, 0.15) is 24.2 Å².